The molecule has 2 aromatic carbocycles. The lowest BCUT2D eigenvalue weighted by Gasteiger charge is -2.23. The number of benzene rings is 2. The third kappa shape index (κ3) is 4.67. The van der Waals surface area contributed by atoms with Gasteiger partial charge in [0.25, 0.3) is 0 Å². The van der Waals surface area contributed by atoms with Crippen molar-refractivity contribution in [2.45, 2.75) is 10.1 Å². The van der Waals surface area contributed by atoms with Gasteiger partial charge in [-0.05, 0) is 12.1 Å². The largest absolute Gasteiger partial charge is 0.465 e. The molecule has 4 aromatic rings. The second kappa shape index (κ2) is 12.1. The molecule has 0 aliphatic carbocycles. The number of rotatable bonds is 5. The summed E-state index contributed by atoms with van der Waals surface area (Å²) in [6.45, 7) is 0. The van der Waals surface area contributed by atoms with E-state index in [0.717, 1.165) is 45.3 Å². The average Bonchev–Trinajstić information content (AvgIpc) is 3.55. The number of hydrogen-bond acceptors (Lipinski definition) is 10. The van der Waals surface area contributed by atoms with Gasteiger partial charge < -0.3 is 28.1 Å². The third-order valence-electron chi connectivity index (χ3n) is 7.97. The van der Waals surface area contributed by atoms with Crippen molar-refractivity contribution < 1.29 is 38.1 Å². The van der Waals surface area contributed by atoms with E-state index in [0.29, 0.717) is 32.3 Å². The second-order valence-electron chi connectivity index (χ2n) is 10.3. The maximum absolute atomic E-state index is 13.5. The van der Waals surface area contributed by atoms with E-state index in [1.807, 2.05) is 71.8 Å². The second-order valence-corrected chi connectivity index (χ2v) is 12.3. The highest BCUT2D eigenvalue weighted by molar-refractivity contribution is 8.04. The molecule has 10 nitrogen and oxygen atoms in total. The minimum Gasteiger partial charge on any atom is -0.465 e. The lowest BCUT2D eigenvalue weighted by Crippen LogP contribution is -2.18. The van der Waals surface area contributed by atoms with Crippen molar-refractivity contribution in [3.05, 3.63) is 92.8 Å². The van der Waals surface area contributed by atoms with Gasteiger partial charge in [-0.1, -0.05) is 72.1 Å². The topological polar surface area (TPSA) is 115 Å². The zero-order valence-electron chi connectivity index (χ0n) is 25.8. The molecule has 2 aliphatic rings. The summed E-state index contributed by atoms with van der Waals surface area (Å²) >= 11 is 2.25. The van der Waals surface area contributed by atoms with Crippen LogP contribution in [0.15, 0.2) is 91.7 Å². The number of allylic oxidation sites excluding steroid dienone is 2. The quantitative estimate of drug-likeness (QED) is 0.200. The van der Waals surface area contributed by atoms with Crippen molar-refractivity contribution in [2.24, 2.45) is 14.1 Å². The van der Waals surface area contributed by atoms with Crippen molar-refractivity contribution in [1.29, 1.82) is 0 Å². The first-order chi connectivity index (χ1) is 22.2. The van der Waals surface area contributed by atoms with E-state index in [4.69, 9.17) is 18.9 Å². The fourth-order valence-electron chi connectivity index (χ4n) is 5.87. The average molecular weight is 657 g/mol. The van der Waals surface area contributed by atoms with E-state index in [2.05, 4.69) is 0 Å². The highest BCUT2D eigenvalue weighted by Crippen LogP contribution is 2.51. The van der Waals surface area contributed by atoms with Crippen LogP contribution in [0.4, 0.5) is 0 Å². The number of para-hydroxylation sites is 2. The predicted molar refractivity (Wildman–Crippen MR) is 176 cm³/mol. The summed E-state index contributed by atoms with van der Waals surface area (Å²) < 4.78 is 24.5. The Kier molecular flexibility index (Phi) is 8.17. The van der Waals surface area contributed by atoms with E-state index in [9.17, 15) is 19.2 Å². The Labute approximate surface area is 272 Å². The van der Waals surface area contributed by atoms with Gasteiger partial charge in [-0.2, -0.15) is 0 Å². The molecule has 0 amide bonds. The van der Waals surface area contributed by atoms with Crippen LogP contribution in [-0.2, 0) is 52.2 Å². The van der Waals surface area contributed by atoms with E-state index in [1.54, 1.807) is 12.2 Å². The summed E-state index contributed by atoms with van der Waals surface area (Å²) in [6.07, 6.45) is 3.35. The first-order valence-electron chi connectivity index (χ1n) is 13.9. The van der Waals surface area contributed by atoms with Crippen LogP contribution in [0, 0.1) is 0 Å². The van der Waals surface area contributed by atoms with Crippen molar-refractivity contribution in [2.75, 3.05) is 28.4 Å². The summed E-state index contributed by atoms with van der Waals surface area (Å²) in [5.74, 6) is -2.87. The van der Waals surface area contributed by atoms with Gasteiger partial charge in [0.2, 0.25) is 0 Å². The zero-order valence-corrected chi connectivity index (χ0v) is 27.4. The number of ether oxygens (including phenoxy) is 4. The summed E-state index contributed by atoms with van der Waals surface area (Å²) in [5.41, 5.74) is 3.95. The Hall–Kier alpha value is -4.94. The van der Waals surface area contributed by atoms with Crippen molar-refractivity contribution in [3.8, 4) is 0 Å². The summed E-state index contributed by atoms with van der Waals surface area (Å²) in [5, 5.41) is 3.10. The number of thioether (sulfide) groups is 2. The van der Waals surface area contributed by atoms with Crippen LogP contribution in [0.25, 0.3) is 33.0 Å². The molecule has 0 bridgehead atoms. The number of methoxy groups -OCH3 is 4. The molecular weight excluding hydrogens is 629 g/mol. The van der Waals surface area contributed by atoms with Gasteiger partial charge in [0.15, 0.2) is 0 Å². The smallest absolute Gasteiger partial charge is 0.345 e. The monoisotopic (exact) mass is 656 g/mol. The number of hydrogen-bond donors (Lipinski definition) is 0. The number of esters is 4. The van der Waals surface area contributed by atoms with Crippen LogP contribution in [0.5, 0.6) is 0 Å². The molecule has 0 spiro atoms. The van der Waals surface area contributed by atoms with E-state index >= 15 is 0 Å². The number of aromatic nitrogens is 2. The SMILES string of the molecule is COC(=O)C1=C(C(=O)OC)/C(=C\C=C2/C(C(=O)OC)=C(C(=O)OC)Sc3c2c2ccccc2n3C)c2c(n(C)c3ccccc23)S1. The lowest BCUT2D eigenvalue weighted by molar-refractivity contribution is -0.138. The molecule has 46 heavy (non-hydrogen) atoms. The van der Waals surface area contributed by atoms with Crippen LogP contribution in [-0.4, -0.2) is 61.5 Å². The Morgan fingerprint density at radius 2 is 0.913 bits per heavy atom. The van der Waals surface area contributed by atoms with Crippen LogP contribution in [0.1, 0.15) is 11.1 Å². The van der Waals surface area contributed by atoms with Crippen LogP contribution < -0.4 is 0 Å². The molecule has 0 atom stereocenters. The predicted octanol–water partition coefficient (Wildman–Crippen LogP) is 5.55. The maximum atomic E-state index is 13.5. The van der Waals surface area contributed by atoms with Gasteiger partial charge in [0.1, 0.15) is 9.81 Å². The molecular formula is C34H28N2O8S2. The molecule has 0 N–H and O–H groups in total. The van der Waals surface area contributed by atoms with Crippen molar-refractivity contribution in [3.63, 3.8) is 0 Å². The molecule has 2 aromatic heterocycles. The number of carbonyl (C=O) groups is 4. The van der Waals surface area contributed by atoms with Crippen molar-refractivity contribution >= 4 is 80.4 Å². The van der Waals surface area contributed by atoms with E-state index < -0.39 is 23.9 Å². The van der Waals surface area contributed by atoms with Gasteiger partial charge in [-0.15, -0.1) is 0 Å². The molecule has 0 saturated heterocycles. The Bertz CT molecular complexity index is 1990. The molecule has 0 unspecified atom stereocenters. The molecule has 0 fully saturated rings. The zero-order chi connectivity index (χ0) is 32.9. The summed E-state index contributed by atoms with van der Waals surface area (Å²) in [7, 11) is 8.73. The van der Waals surface area contributed by atoms with Crippen LogP contribution in [0.2, 0.25) is 0 Å². The van der Waals surface area contributed by atoms with Gasteiger partial charge in [0, 0.05) is 58.2 Å². The summed E-state index contributed by atoms with van der Waals surface area (Å²) in [4.78, 5) is 53.3. The normalized spacial score (nSPS) is 16.1. The first-order valence-corrected chi connectivity index (χ1v) is 15.6. The number of carbonyl (C=O) groups excluding carboxylic acids is 4. The molecule has 12 heteroatoms. The minimum atomic E-state index is -0.736. The minimum absolute atomic E-state index is 0.0140. The fraction of sp³-hybridized carbons (Fsp3) is 0.176. The van der Waals surface area contributed by atoms with Gasteiger partial charge >= 0.3 is 23.9 Å². The first kappa shape index (κ1) is 31.1. The Balaban J connectivity index is 1.76. The number of fused-ring (bicyclic) bond motifs is 6. The number of aryl methyl sites for hydroxylation is 2. The van der Waals surface area contributed by atoms with Gasteiger partial charge in [0.05, 0.1) is 49.6 Å². The standard InChI is InChI=1S/C34H28N2O8S2/c1-35-21-13-9-7-11-17(21)23-19(25(31(37)41-3)27(33(39)43-5)45-29(23)35)15-16-20-24-18-12-8-10-14-22(18)36(2)30(24)46-28(34(40)44-6)26(20)32(38)42-4/h7-16H,1-6H3/b19-15-,20-16-. The van der Waals surface area contributed by atoms with Crippen molar-refractivity contribution in [1.82, 2.24) is 9.13 Å². The lowest BCUT2D eigenvalue weighted by atomic mass is 9.92. The van der Waals surface area contributed by atoms with Crippen LogP contribution in [0.3, 0.4) is 0 Å². The van der Waals surface area contributed by atoms with E-state index in [-0.39, 0.29) is 21.0 Å². The molecule has 4 heterocycles. The third-order valence-corrected chi connectivity index (χ3v) is 10.5. The number of nitrogens with zero attached hydrogens (tertiary/aromatic N) is 2. The van der Waals surface area contributed by atoms with E-state index in [1.165, 1.54) is 28.4 Å². The molecule has 0 saturated carbocycles. The Morgan fingerprint density at radius 1 is 0.565 bits per heavy atom. The maximum Gasteiger partial charge on any atom is 0.345 e. The van der Waals surface area contributed by atoms with Crippen LogP contribution >= 0.6 is 23.5 Å². The Morgan fingerprint density at radius 3 is 1.26 bits per heavy atom. The summed E-state index contributed by atoms with van der Waals surface area (Å²) in [6, 6.07) is 15.4. The van der Waals surface area contributed by atoms with Gasteiger partial charge in [-0.3, -0.25) is 0 Å². The fourth-order valence-corrected chi connectivity index (χ4v) is 8.30. The molecule has 6 rings (SSSR count). The molecule has 234 valence electrons. The molecule has 2 aliphatic heterocycles. The highest BCUT2D eigenvalue weighted by Gasteiger charge is 2.38. The highest BCUT2D eigenvalue weighted by atomic mass is 32.2. The van der Waals surface area contributed by atoms with Gasteiger partial charge in [-0.25, -0.2) is 19.2 Å². The molecule has 0 radical (unpaired) electrons.